The number of nitrogens with zero attached hydrogens (tertiary/aromatic N) is 2. The van der Waals surface area contributed by atoms with Crippen LogP contribution >= 0.6 is 0 Å². The monoisotopic (exact) mass is 342 g/mol. The Balaban J connectivity index is 1.38. The van der Waals surface area contributed by atoms with Crippen LogP contribution in [0.2, 0.25) is 0 Å². The lowest BCUT2D eigenvalue weighted by Crippen LogP contribution is -2.55. The highest BCUT2D eigenvalue weighted by atomic mass is 16.5. The minimum Gasteiger partial charge on any atom is -0.372 e. The van der Waals surface area contributed by atoms with Crippen LogP contribution in [0.25, 0.3) is 0 Å². The van der Waals surface area contributed by atoms with Gasteiger partial charge in [0.1, 0.15) is 6.10 Å². The summed E-state index contributed by atoms with van der Waals surface area (Å²) in [5.74, 6) is 0.463. The predicted octanol–water partition coefficient (Wildman–Crippen LogP) is 2.71. The zero-order chi connectivity index (χ0) is 17.1. The Kier molecular flexibility index (Phi) is 5.13. The summed E-state index contributed by atoms with van der Waals surface area (Å²) >= 11 is 0. The topological polar surface area (TPSA) is 51.7 Å². The Morgan fingerprint density at radius 3 is 3.04 bits per heavy atom. The van der Waals surface area contributed by atoms with Crippen LogP contribution in [0.15, 0.2) is 36.5 Å². The third-order valence-electron chi connectivity index (χ3n) is 5.61. The minimum atomic E-state index is 0.000505. The summed E-state index contributed by atoms with van der Waals surface area (Å²) < 4.78 is 12.1. The second-order valence-corrected chi connectivity index (χ2v) is 7.16. The summed E-state index contributed by atoms with van der Waals surface area (Å²) in [5, 5.41) is 0. The molecule has 1 saturated carbocycles. The van der Waals surface area contributed by atoms with E-state index in [2.05, 4.69) is 22.0 Å². The van der Waals surface area contributed by atoms with Crippen LogP contribution in [-0.2, 0) is 20.9 Å². The summed E-state index contributed by atoms with van der Waals surface area (Å²) in [7, 11) is 0. The maximum absolute atomic E-state index is 13.0. The Morgan fingerprint density at radius 2 is 2.24 bits per heavy atom. The van der Waals surface area contributed by atoms with E-state index in [0.29, 0.717) is 25.7 Å². The maximum Gasteiger partial charge on any atom is 0.226 e. The van der Waals surface area contributed by atoms with Gasteiger partial charge < -0.3 is 14.4 Å². The van der Waals surface area contributed by atoms with Crippen LogP contribution < -0.4 is 0 Å². The molecule has 1 amide bonds. The number of amides is 1. The Bertz CT molecular complexity index is 619. The fraction of sp³-hybridized carbons (Fsp3) is 0.600. The van der Waals surface area contributed by atoms with Crippen molar-refractivity contribution in [3.05, 3.63) is 42.2 Å². The number of carbonyl (C=O) groups is 1. The van der Waals surface area contributed by atoms with Gasteiger partial charge in [-0.2, -0.15) is 0 Å². The molecular weight excluding hydrogens is 316 g/mol. The second-order valence-electron chi connectivity index (χ2n) is 7.16. The molecule has 0 bridgehead atoms. The van der Waals surface area contributed by atoms with Gasteiger partial charge >= 0.3 is 0 Å². The van der Waals surface area contributed by atoms with Crippen molar-refractivity contribution >= 4 is 5.91 Å². The van der Waals surface area contributed by atoms with E-state index in [1.165, 1.54) is 0 Å². The van der Waals surface area contributed by atoms with Crippen LogP contribution in [0.3, 0.4) is 0 Å². The van der Waals surface area contributed by atoms with E-state index in [0.717, 1.165) is 37.8 Å². The van der Waals surface area contributed by atoms with Gasteiger partial charge in [-0.3, -0.25) is 9.78 Å². The summed E-state index contributed by atoms with van der Waals surface area (Å²) in [4.78, 5) is 19.4. The highest BCUT2D eigenvalue weighted by molar-refractivity contribution is 5.79. The largest absolute Gasteiger partial charge is 0.372 e. The van der Waals surface area contributed by atoms with Gasteiger partial charge in [-0.1, -0.05) is 18.2 Å². The van der Waals surface area contributed by atoms with E-state index in [-0.39, 0.29) is 24.2 Å². The van der Waals surface area contributed by atoms with E-state index in [1.54, 1.807) is 6.20 Å². The van der Waals surface area contributed by atoms with Crippen molar-refractivity contribution in [1.29, 1.82) is 0 Å². The number of hydrogen-bond acceptors (Lipinski definition) is 4. The van der Waals surface area contributed by atoms with E-state index < -0.39 is 0 Å². The molecule has 0 unspecified atom stereocenters. The lowest BCUT2D eigenvalue weighted by molar-refractivity contribution is -0.156. The average Bonchev–Trinajstić information content (AvgIpc) is 3.10. The van der Waals surface area contributed by atoms with Crippen molar-refractivity contribution in [3.8, 4) is 0 Å². The molecule has 0 spiro atoms. The van der Waals surface area contributed by atoms with Crippen LogP contribution in [-0.4, -0.2) is 47.2 Å². The number of rotatable bonds is 4. The molecule has 0 aromatic carbocycles. The molecule has 1 aliphatic heterocycles. The molecule has 134 valence electrons. The normalized spacial score (nSPS) is 31.8. The van der Waals surface area contributed by atoms with Crippen LogP contribution in [0.1, 0.15) is 37.8 Å². The molecule has 1 saturated heterocycles. The van der Waals surface area contributed by atoms with Gasteiger partial charge in [-0.15, -0.1) is 0 Å². The number of ether oxygens (including phenoxy) is 2. The first kappa shape index (κ1) is 16.7. The fourth-order valence-electron chi connectivity index (χ4n) is 4.30. The van der Waals surface area contributed by atoms with E-state index >= 15 is 0 Å². The molecule has 4 atom stereocenters. The lowest BCUT2D eigenvalue weighted by Gasteiger charge is -2.40. The predicted molar refractivity (Wildman–Crippen MR) is 93.8 cm³/mol. The number of morpholine rings is 1. The van der Waals surface area contributed by atoms with E-state index in [4.69, 9.17) is 9.47 Å². The number of pyridine rings is 1. The van der Waals surface area contributed by atoms with Gasteiger partial charge in [0.05, 0.1) is 31.1 Å². The van der Waals surface area contributed by atoms with Gasteiger partial charge in [0.15, 0.2) is 0 Å². The molecule has 0 N–H and O–H groups in total. The van der Waals surface area contributed by atoms with Gasteiger partial charge in [0.25, 0.3) is 0 Å². The molecule has 5 heteroatoms. The number of hydrogen-bond donors (Lipinski definition) is 0. The molecule has 1 aromatic heterocycles. The molecule has 25 heavy (non-hydrogen) atoms. The summed E-state index contributed by atoms with van der Waals surface area (Å²) in [5.41, 5.74) is 0.934. The van der Waals surface area contributed by atoms with Crippen molar-refractivity contribution in [3.63, 3.8) is 0 Å². The van der Waals surface area contributed by atoms with Crippen molar-refractivity contribution in [1.82, 2.24) is 9.88 Å². The first-order chi connectivity index (χ1) is 12.3. The standard InChI is InChI=1S/C20H26N2O3/c23-20(15-6-2-1-3-7-15)22-12-13-24-19-17(22)9-10-18(19)25-14-16-8-4-5-11-21-16/h1-2,4-5,8,11,15,17-19H,3,6-7,9-10,12-14H2/t15-,17+,18+,19-/m1/s1. The zero-order valence-corrected chi connectivity index (χ0v) is 14.5. The average molecular weight is 342 g/mol. The highest BCUT2D eigenvalue weighted by Gasteiger charge is 2.45. The second kappa shape index (κ2) is 7.67. The van der Waals surface area contributed by atoms with Gasteiger partial charge in [-0.25, -0.2) is 0 Å². The molecule has 2 aliphatic carbocycles. The van der Waals surface area contributed by atoms with E-state index in [1.807, 2.05) is 18.2 Å². The first-order valence-corrected chi connectivity index (χ1v) is 9.41. The van der Waals surface area contributed by atoms with Crippen molar-refractivity contribution in [2.24, 2.45) is 5.92 Å². The fourth-order valence-corrected chi connectivity index (χ4v) is 4.30. The smallest absolute Gasteiger partial charge is 0.226 e. The SMILES string of the molecule is O=C([C@@H]1CC=CCC1)N1CCO[C@H]2[C@@H](OCc3ccccn3)CC[C@@H]21. The van der Waals surface area contributed by atoms with Crippen molar-refractivity contribution in [2.45, 2.75) is 57.0 Å². The lowest BCUT2D eigenvalue weighted by atomic mass is 9.92. The summed E-state index contributed by atoms with van der Waals surface area (Å²) in [6.45, 7) is 1.82. The third kappa shape index (κ3) is 3.62. The van der Waals surface area contributed by atoms with Crippen LogP contribution in [0.4, 0.5) is 0 Å². The van der Waals surface area contributed by atoms with Gasteiger partial charge in [0.2, 0.25) is 5.91 Å². The van der Waals surface area contributed by atoms with Crippen LogP contribution in [0, 0.1) is 5.92 Å². The van der Waals surface area contributed by atoms with Gasteiger partial charge in [-0.05, 0) is 44.2 Å². The van der Waals surface area contributed by atoms with Crippen molar-refractivity contribution < 1.29 is 14.3 Å². The van der Waals surface area contributed by atoms with Crippen molar-refractivity contribution in [2.75, 3.05) is 13.2 Å². The molecule has 4 rings (SSSR count). The maximum atomic E-state index is 13.0. The zero-order valence-electron chi connectivity index (χ0n) is 14.5. The molecule has 2 fully saturated rings. The Hall–Kier alpha value is -1.72. The number of fused-ring (bicyclic) bond motifs is 1. The molecule has 0 radical (unpaired) electrons. The quantitative estimate of drug-likeness (QED) is 0.790. The highest BCUT2D eigenvalue weighted by Crippen LogP contribution is 2.34. The van der Waals surface area contributed by atoms with E-state index in [9.17, 15) is 4.79 Å². The summed E-state index contributed by atoms with van der Waals surface area (Å²) in [6.07, 6.45) is 10.9. The molecule has 5 nitrogen and oxygen atoms in total. The molecule has 3 aliphatic rings. The minimum absolute atomic E-state index is 0.000505. The first-order valence-electron chi connectivity index (χ1n) is 9.41. The number of carbonyl (C=O) groups excluding carboxylic acids is 1. The Morgan fingerprint density at radius 1 is 1.28 bits per heavy atom. The molecule has 1 aromatic rings. The Labute approximate surface area is 149 Å². The number of aromatic nitrogens is 1. The third-order valence-corrected chi connectivity index (χ3v) is 5.61. The summed E-state index contributed by atoms with van der Waals surface area (Å²) in [6, 6.07) is 6.02. The number of allylic oxidation sites excluding steroid dienone is 2. The molecule has 2 heterocycles. The van der Waals surface area contributed by atoms with Gasteiger partial charge in [0, 0.05) is 18.7 Å². The van der Waals surface area contributed by atoms with Crippen LogP contribution in [0.5, 0.6) is 0 Å². The molecular formula is C20H26N2O3.